The van der Waals surface area contributed by atoms with E-state index < -0.39 is 18.5 Å². The molecule has 25 heteroatoms. The van der Waals surface area contributed by atoms with Gasteiger partial charge in [0.15, 0.2) is 0 Å². The number of fused-ring (bicyclic) bond motifs is 8. The van der Waals surface area contributed by atoms with E-state index in [4.69, 9.17) is 44.8 Å². The second-order valence-electron chi connectivity index (χ2n) is 31.0. The van der Waals surface area contributed by atoms with Crippen LogP contribution in [0.15, 0.2) is 119 Å². The minimum Gasteiger partial charge on any atom is -1.00 e. The molecule has 5 aromatic rings. The van der Waals surface area contributed by atoms with Gasteiger partial charge in [0.25, 0.3) is 0 Å². The molecule has 5 aromatic carbocycles. The standard InChI is InChI=1S/2C20H28BrNO3.C18H24BrNO3.C12H14BrNO.C8H5BBrClF2.FH.K/c1-14(18(23)25-19(2,3)4)12-22-9-7-20(8-10-22)13-24-17-11-15(21)5-6-16(17)20;1-19(2,3)25-18(23)5-4-10-22-11-8-20(9-12-22)14-24-17-13-15(21)6-7-16(17)20;1-17(2,3)23-16(21)11-20-8-6-18(7-9-20)12-22-15-10-13(19)4-5-14(15)18;13-9-1-2-10-11(7-9)15-8-12(10)3-5-14-6-4-12;10-7-2-1-3-8(11)6(7)4-5-9(12)13;;/h5-6,11,14H,7-10,12-13H2,1-4H3;6-7,13H,4-5,8-12,14H2,1-3H3;4-5,10H,6-9,11-12H2,1-3H3;1-2,7,14H,3-6,8H2;1-5H;1H;/q;;;;;;+1/p-1/b;;;;5-4+;;. The fourth-order valence-electron chi connectivity index (χ4n) is 14.6. The van der Waals surface area contributed by atoms with Crippen molar-refractivity contribution in [1.82, 2.24) is 20.0 Å². The summed E-state index contributed by atoms with van der Waals surface area (Å²) in [7, 11) is -2.46. The second kappa shape index (κ2) is 38.4. The first-order valence-corrected chi connectivity index (χ1v) is 39.7. The molecule has 1 atom stereocenters. The van der Waals surface area contributed by atoms with Crippen molar-refractivity contribution in [1.29, 1.82) is 0 Å². The van der Waals surface area contributed by atoms with Crippen LogP contribution in [0.4, 0.5) is 8.63 Å². The van der Waals surface area contributed by atoms with Gasteiger partial charge < -0.3 is 53.0 Å². The molecule has 0 amide bonds. The predicted molar refractivity (Wildman–Crippen MR) is 416 cm³/mol. The van der Waals surface area contributed by atoms with Gasteiger partial charge in [0, 0.05) is 89.8 Å². The third-order valence-corrected chi connectivity index (χ3v) is 22.9. The smallest absolute Gasteiger partial charge is 1.00 e. The van der Waals surface area contributed by atoms with Gasteiger partial charge in [0.2, 0.25) is 0 Å². The van der Waals surface area contributed by atoms with Crippen LogP contribution in [0.25, 0.3) is 6.08 Å². The van der Waals surface area contributed by atoms with Gasteiger partial charge in [-0.25, -0.2) is 0 Å². The number of nitrogens with zero attached hydrogens (tertiary/aromatic N) is 3. The molecule has 0 bridgehead atoms. The first-order chi connectivity index (χ1) is 47.6. The third-order valence-electron chi connectivity index (χ3n) is 19.9. The van der Waals surface area contributed by atoms with Crippen LogP contribution in [-0.2, 0) is 50.3 Å². The Bertz CT molecular complexity index is 3680. The van der Waals surface area contributed by atoms with Crippen LogP contribution in [0.3, 0.4) is 0 Å². The van der Waals surface area contributed by atoms with Crippen LogP contribution in [0.2, 0.25) is 5.02 Å². The molecule has 13 rings (SSSR count). The Morgan fingerprint density at radius 2 is 0.922 bits per heavy atom. The molecule has 103 heavy (non-hydrogen) atoms. The van der Waals surface area contributed by atoms with E-state index in [1.807, 2.05) is 69.2 Å². The quantitative estimate of drug-likeness (QED) is 0.0763. The SMILES string of the molecule is Brc1ccc2c(c1)OCC21CCNCC1.CC(C)(C)OC(=O)CCCN1CCC2(CC1)COc1cc(Br)ccc12.CC(C)(C)OC(=O)CN1CCC2(CC1)COc1cc(Br)ccc12.CC(CN1CCC2(CC1)COc1cc(Br)ccc12)C(=O)OC(C)(C)C.FB(F)/C=C/c1c(Cl)cccc1Br.[F-].[K+]. The minimum absolute atomic E-state index is 0. The molecule has 8 heterocycles. The Balaban J connectivity index is 0.000000183. The molecular formula is C78H99BBr5ClF3KN4O10. The van der Waals surface area contributed by atoms with Crippen molar-refractivity contribution in [2.24, 2.45) is 5.92 Å². The average molecular weight is 1790 g/mol. The Hall–Kier alpha value is -2.53. The van der Waals surface area contributed by atoms with Gasteiger partial charge in [-0.1, -0.05) is 135 Å². The van der Waals surface area contributed by atoms with Crippen LogP contribution in [0, 0.1) is 5.92 Å². The summed E-state index contributed by atoms with van der Waals surface area (Å²) in [4.78, 5) is 43.0. The Morgan fingerprint density at radius 3 is 1.30 bits per heavy atom. The Labute approximate surface area is 698 Å². The van der Waals surface area contributed by atoms with Crippen LogP contribution in [0.5, 0.6) is 23.0 Å². The molecule has 0 radical (unpaired) electrons. The van der Waals surface area contributed by atoms with Crippen molar-refractivity contribution in [3.8, 4) is 23.0 Å². The number of hydrogen-bond acceptors (Lipinski definition) is 14. The molecule has 4 spiro atoms. The van der Waals surface area contributed by atoms with Gasteiger partial charge in [-0.3, -0.25) is 27.9 Å². The normalized spacial score (nSPS) is 18.9. The van der Waals surface area contributed by atoms with Crippen molar-refractivity contribution in [2.45, 2.75) is 172 Å². The van der Waals surface area contributed by atoms with Crippen LogP contribution in [-0.4, -0.2) is 155 Å². The van der Waals surface area contributed by atoms with Crippen molar-refractivity contribution < 1.29 is 112 Å². The summed E-state index contributed by atoms with van der Waals surface area (Å²) in [5.41, 5.74) is 5.51. The summed E-state index contributed by atoms with van der Waals surface area (Å²) in [5, 5.41) is 3.86. The Morgan fingerprint density at radius 1 is 0.553 bits per heavy atom. The number of esters is 3. The van der Waals surface area contributed by atoms with Gasteiger partial charge in [0.05, 0.1) is 38.9 Å². The van der Waals surface area contributed by atoms with E-state index in [0.717, 1.165) is 184 Å². The van der Waals surface area contributed by atoms with Crippen molar-refractivity contribution in [3.63, 3.8) is 0 Å². The number of ether oxygens (including phenoxy) is 7. The van der Waals surface area contributed by atoms with E-state index in [1.54, 1.807) is 18.2 Å². The summed E-state index contributed by atoms with van der Waals surface area (Å²) in [5.74, 6) is 4.49. The molecule has 0 aliphatic carbocycles. The number of carbonyl (C=O) groups is 3. The van der Waals surface area contributed by atoms with Gasteiger partial charge >= 0.3 is 76.6 Å². The zero-order chi connectivity index (χ0) is 73.1. The number of carbonyl (C=O) groups excluding carboxylic acids is 3. The number of benzene rings is 5. The number of rotatable bonds is 11. The first kappa shape index (κ1) is 87.7. The maximum absolute atomic E-state index is 12.2. The van der Waals surface area contributed by atoms with Crippen LogP contribution in [0.1, 0.15) is 161 Å². The van der Waals surface area contributed by atoms with Gasteiger partial charge in [-0.05, 0) is 246 Å². The third kappa shape index (κ3) is 24.7. The molecule has 1 N–H and O–H groups in total. The van der Waals surface area contributed by atoms with E-state index in [9.17, 15) is 23.0 Å². The number of hydrogen-bond donors (Lipinski definition) is 1. The van der Waals surface area contributed by atoms with Crippen molar-refractivity contribution >= 4 is 123 Å². The summed E-state index contributed by atoms with van der Waals surface area (Å²) in [6, 6.07) is 30.7. The summed E-state index contributed by atoms with van der Waals surface area (Å²) >= 11 is 23.0. The molecule has 558 valence electrons. The van der Waals surface area contributed by atoms with E-state index in [2.05, 4.69) is 172 Å². The number of halogens is 9. The number of likely N-dealkylation sites (tertiary alicyclic amines) is 3. The summed E-state index contributed by atoms with van der Waals surface area (Å²) in [6.07, 6.45) is 11.5. The maximum Gasteiger partial charge on any atom is 1.00 e. The molecule has 8 aliphatic heterocycles. The summed E-state index contributed by atoms with van der Waals surface area (Å²) in [6.45, 7) is 32.6. The zero-order valence-electron chi connectivity index (χ0n) is 61.5. The predicted octanol–water partition coefficient (Wildman–Crippen LogP) is 12.5. The molecule has 1 unspecified atom stereocenters. The first-order valence-electron chi connectivity index (χ1n) is 35.3. The molecular weight excluding hydrogens is 1690 g/mol. The van der Waals surface area contributed by atoms with Crippen LogP contribution >= 0.6 is 91.3 Å². The molecule has 0 saturated carbocycles. The number of nitrogens with one attached hydrogen (secondary N) is 1. The van der Waals surface area contributed by atoms with Gasteiger partial charge in [0.1, 0.15) is 39.8 Å². The van der Waals surface area contributed by atoms with E-state index in [-0.39, 0.29) is 102 Å². The van der Waals surface area contributed by atoms with Gasteiger partial charge in [-0.15, -0.1) is 0 Å². The second-order valence-corrected chi connectivity index (χ2v) is 36.0. The van der Waals surface area contributed by atoms with E-state index >= 15 is 0 Å². The molecule has 14 nitrogen and oxygen atoms in total. The van der Waals surface area contributed by atoms with E-state index in [1.165, 1.54) is 41.2 Å². The largest absolute Gasteiger partial charge is 1.00 e. The summed E-state index contributed by atoms with van der Waals surface area (Å²) < 4.78 is 68.6. The minimum atomic E-state index is -2.46. The topological polar surface area (TPSA) is 138 Å². The van der Waals surface area contributed by atoms with Crippen LogP contribution < -0.4 is 80.4 Å². The Kier molecular flexibility index (Phi) is 32.7. The molecule has 0 aromatic heterocycles. The molecule has 4 fully saturated rings. The zero-order valence-corrected chi connectivity index (χ0v) is 73.3. The average Bonchev–Trinajstić information content (AvgIpc) is 1.65. The molecule has 8 aliphatic rings. The fraction of sp³-hybridized carbons (Fsp3) is 0.551. The van der Waals surface area contributed by atoms with Crippen molar-refractivity contribution in [3.05, 3.63) is 152 Å². The van der Waals surface area contributed by atoms with Gasteiger partial charge in [-0.2, -0.15) is 0 Å². The monoisotopic (exact) mass is 1790 g/mol. The van der Waals surface area contributed by atoms with E-state index in [0.29, 0.717) is 33.4 Å². The fourth-order valence-corrected chi connectivity index (χ4v) is 16.8. The maximum atomic E-state index is 12.2. The number of piperidine rings is 4. The molecule has 4 saturated heterocycles. The van der Waals surface area contributed by atoms with Crippen molar-refractivity contribution in [2.75, 3.05) is 98.4 Å².